The van der Waals surface area contributed by atoms with Gasteiger partial charge in [0.1, 0.15) is 16.5 Å². The van der Waals surface area contributed by atoms with Gasteiger partial charge >= 0.3 is 0 Å². The van der Waals surface area contributed by atoms with E-state index in [-0.39, 0.29) is 17.5 Å². The van der Waals surface area contributed by atoms with Gasteiger partial charge in [-0.3, -0.25) is 4.79 Å². The minimum Gasteiger partial charge on any atom is -0.325 e. The maximum atomic E-state index is 13.3. The first-order valence-corrected chi connectivity index (χ1v) is 11.6. The number of nitrogens with one attached hydrogen (secondary N) is 1. The topological polar surface area (TPSA) is 54.9 Å². The van der Waals surface area contributed by atoms with Gasteiger partial charge in [-0.05, 0) is 48.2 Å². The van der Waals surface area contributed by atoms with E-state index in [1.807, 2.05) is 42.5 Å². The average Bonchev–Trinajstić information content (AvgIpc) is 2.83. The highest BCUT2D eigenvalue weighted by molar-refractivity contribution is 8.00. The van der Waals surface area contributed by atoms with E-state index in [0.29, 0.717) is 16.6 Å². The molecule has 4 nitrogen and oxygen atoms in total. The molecule has 0 aliphatic rings. The molecule has 0 fully saturated rings. The van der Waals surface area contributed by atoms with Crippen LogP contribution >= 0.6 is 11.8 Å². The lowest BCUT2D eigenvalue weighted by molar-refractivity contribution is -0.113. The van der Waals surface area contributed by atoms with Gasteiger partial charge in [-0.25, -0.2) is 4.39 Å². The van der Waals surface area contributed by atoms with Crippen LogP contribution in [-0.2, 0) is 4.79 Å². The molecule has 32 heavy (non-hydrogen) atoms. The van der Waals surface area contributed by atoms with Gasteiger partial charge in [-0.2, -0.15) is 0 Å². The number of aromatic nitrogens is 2. The molecule has 0 aliphatic carbocycles. The number of benzene rings is 3. The number of amides is 1. The minimum atomic E-state index is -0.292. The molecule has 1 atom stereocenters. The predicted octanol–water partition coefficient (Wildman–Crippen LogP) is 6.68. The zero-order valence-electron chi connectivity index (χ0n) is 18.0. The van der Waals surface area contributed by atoms with Crippen LogP contribution in [0, 0.1) is 5.82 Å². The number of carbonyl (C=O) groups is 1. The summed E-state index contributed by atoms with van der Waals surface area (Å²) in [5.74, 6) is 0.218. The van der Waals surface area contributed by atoms with Crippen molar-refractivity contribution in [3.63, 3.8) is 0 Å². The van der Waals surface area contributed by atoms with E-state index in [4.69, 9.17) is 0 Å². The summed E-state index contributed by atoms with van der Waals surface area (Å²) in [4.78, 5) is 12.7. The molecule has 0 aliphatic heterocycles. The molecule has 3 aromatic carbocycles. The van der Waals surface area contributed by atoms with Crippen LogP contribution in [0.5, 0.6) is 0 Å². The summed E-state index contributed by atoms with van der Waals surface area (Å²) in [6.07, 6.45) is 1.00. The normalized spacial score (nSPS) is 12.0. The number of nitrogens with zero attached hydrogens (tertiary/aromatic N) is 2. The van der Waals surface area contributed by atoms with Gasteiger partial charge in [0.25, 0.3) is 0 Å². The number of thioether (sulfide) groups is 1. The van der Waals surface area contributed by atoms with Gasteiger partial charge in [0.05, 0.1) is 5.75 Å². The van der Waals surface area contributed by atoms with Gasteiger partial charge in [0.2, 0.25) is 5.91 Å². The van der Waals surface area contributed by atoms with Crippen LogP contribution in [0.1, 0.15) is 31.7 Å². The first-order chi connectivity index (χ1) is 15.6. The largest absolute Gasteiger partial charge is 0.325 e. The van der Waals surface area contributed by atoms with Gasteiger partial charge in [-0.15, -0.1) is 10.2 Å². The van der Waals surface area contributed by atoms with Crippen LogP contribution < -0.4 is 5.32 Å². The fourth-order valence-electron chi connectivity index (χ4n) is 3.59. The Morgan fingerprint density at radius 1 is 0.969 bits per heavy atom. The molecule has 1 amide bonds. The van der Waals surface area contributed by atoms with Gasteiger partial charge in [-0.1, -0.05) is 68.1 Å². The number of halogens is 1. The fourth-order valence-corrected chi connectivity index (χ4v) is 4.36. The Labute approximate surface area is 191 Å². The van der Waals surface area contributed by atoms with E-state index in [0.717, 1.165) is 34.0 Å². The third-order valence-corrected chi connectivity index (χ3v) is 6.47. The van der Waals surface area contributed by atoms with Crippen molar-refractivity contribution in [2.75, 3.05) is 11.1 Å². The van der Waals surface area contributed by atoms with Crippen molar-refractivity contribution in [2.24, 2.45) is 0 Å². The molecular weight excluding hydrogens is 421 g/mol. The molecular formula is C26H24FN3OS. The summed E-state index contributed by atoms with van der Waals surface area (Å²) in [5.41, 5.74) is 3.49. The van der Waals surface area contributed by atoms with Crippen LogP contribution in [0.2, 0.25) is 0 Å². The summed E-state index contributed by atoms with van der Waals surface area (Å²) in [6, 6.07) is 22.0. The third kappa shape index (κ3) is 4.81. The Balaban J connectivity index is 1.54. The van der Waals surface area contributed by atoms with Crippen molar-refractivity contribution in [1.29, 1.82) is 0 Å². The molecule has 1 aromatic heterocycles. The van der Waals surface area contributed by atoms with E-state index < -0.39 is 0 Å². The first-order valence-electron chi connectivity index (χ1n) is 10.6. The minimum absolute atomic E-state index is 0.0840. The fraction of sp³-hybridized carbons (Fsp3) is 0.192. The molecule has 1 N–H and O–H groups in total. The van der Waals surface area contributed by atoms with E-state index in [2.05, 4.69) is 35.4 Å². The average molecular weight is 446 g/mol. The van der Waals surface area contributed by atoms with Crippen LogP contribution in [-0.4, -0.2) is 21.9 Å². The second kappa shape index (κ2) is 9.92. The van der Waals surface area contributed by atoms with Crippen molar-refractivity contribution in [2.45, 2.75) is 31.2 Å². The number of para-hydroxylation sites is 1. The molecule has 0 saturated heterocycles. The lowest BCUT2D eigenvalue weighted by Crippen LogP contribution is -2.16. The van der Waals surface area contributed by atoms with Gasteiger partial charge in [0, 0.05) is 22.0 Å². The summed E-state index contributed by atoms with van der Waals surface area (Å²) < 4.78 is 13.3. The number of anilines is 1. The third-order valence-electron chi connectivity index (χ3n) is 5.49. The number of carbonyl (C=O) groups excluding carboxylic acids is 1. The second-order valence-electron chi connectivity index (χ2n) is 7.64. The Hall–Kier alpha value is -3.25. The molecule has 4 aromatic rings. The van der Waals surface area contributed by atoms with Crippen molar-refractivity contribution >= 4 is 34.1 Å². The Kier molecular flexibility index (Phi) is 6.81. The maximum absolute atomic E-state index is 13.3. The number of fused-ring (bicyclic) bond motifs is 1. The molecule has 162 valence electrons. The van der Waals surface area contributed by atoms with Crippen molar-refractivity contribution < 1.29 is 9.18 Å². The predicted molar refractivity (Wildman–Crippen MR) is 129 cm³/mol. The van der Waals surface area contributed by atoms with Crippen molar-refractivity contribution in [1.82, 2.24) is 10.2 Å². The Morgan fingerprint density at radius 3 is 2.41 bits per heavy atom. The van der Waals surface area contributed by atoms with Crippen LogP contribution in [0.3, 0.4) is 0 Å². The molecule has 6 heteroatoms. The molecule has 0 spiro atoms. The molecule has 0 saturated carbocycles. The Bertz CT molecular complexity index is 1240. The van der Waals surface area contributed by atoms with Gasteiger partial charge in [0.15, 0.2) is 0 Å². The number of rotatable bonds is 7. The molecule has 1 unspecified atom stereocenters. The van der Waals surface area contributed by atoms with Crippen LogP contribution in [0.4, 0.5) is 10.1 Å². The molecule has 0 bridgehead atoms. The van der Waals surface area contributed by atoms with E-state index >= 15 is 0 Å². The summed E-state index contributed by atoms with van der Waals surface area (Å²) in [7, 11) is 0. The number of hydrogen-bond donors (Lipinski definition) is 1. The van der Waals surface area contributed by atoms with Crippen molar-refractivity contribution in [3.05, 3.63) is 84.2 Å². The summed E-state index contributed by atoms with van der Waals surface area (Å²) in [6.45, 7) is 4.29. The summed E-state index contributed by atoms with van der Waals surface area (Å²) in [5, 5.41) is 14.3. The van der Waals surface area contributed by atoms with Crippen molar-refractivity contribution in [3.8, 4) is 11.3 Å². The van der Waals surface area contributed by atoms with Gasteiger partial charge < -0.3 is 5.32 Å². The molecule has 4 rings (SSSR count). The zero-order valence-corrected chi connectivity index (χ0v) is 18.8. The zero-order chi connectivity index (χ0) is 22.5. The molecule has 0 radical (unpaired) electrons. The highest BCUT2D eigenvalue weighted by Gasteiger charge is 2.15. The second-order valence-corrected chi connectivity index (χ2v) is 8.60. The quantitative estimate of drug-likeness (QED) is 0.322. The van der Waals surface area contributed by atoms with Crippen LogP contribution in [0.25, 0.3) is 22.0 Å². The van der Waals surface area contributed by atoms with E-state index in [1.54, 1.807) is 12.1 Å². The van der Waals surface area contributed by atoms with E-state index in [9.17, 15) is 9.18 Å². The monoisotopic (exact) mass is 445 g/mol. The SMILES string of the molecule is CCC(C)c1ccccc1NC(=O)CSc1nnc(-c2ccc(F)cc2)c2ccccc12. The standard InChI is InChI=1S/C26H24FN3OS/c1-3-17(2)20-8-6-7-11-23(20)28-24(31)16-32-26-22-10-5-4-9-21(22)25(29-30-26)18-12-14-19(27)15-13-18/h4-15,17H,3,16H2,1-2H3,(H,28,31). The molecule has 1 heterocycles. The Morgan fingerprint density at radius 2 is 1.66 bits per heavy atom. The smallest absolute Gasteiger partial charge is 0.234 e. The number of hydrogen-bond acceptors (Lipinski definition) is 4. The first kappa shape index (κ1) is 22.0. The highest BCUT2D eigenvalue weighted by atomic mass is 32.2. The summed E-state index contributed by atoms with van der Waals surface area (Å²) >= 11 is 1.36. The lowest BCUT2D eigenvalue weighted by atomic mass is 9.97. The van der Waals surface area contributed by atoms with E-state index in [1.165, 1.54) is 23.9 Å². The lowest BCUT2D eigenvalue weighted by Gasteiger charge is -2.15. The van der Waals surface area contributed by atoms with Crippen LogP contribution in [0.15, 0.2) is 77.8 Å². The maximum Gasteiger partial charge on any atom is 0.234 e. The highest BCUT2D eigenvalue weighted by Crippen LogP contribution is 2.32.